The van der Waals surface area contributed by atoms with Gasteiger partial charge in [-0.3, -0.25) is 4.79 Å². The van der Waals surface area contributed by atoms with Gasteiger partial charge in [0.15, 0.2) is 0 Å². The number of hydrogen-bond donors (Lipinski definition) is 2. The minimum atomic E-state index is 0.340. The lowest BCUT2D eigenvalue weighted by molar-refractivity contribution is -0.110. The highest BCUT2D eigenvalue weighted by molar-refractivity contribution is 5.47. The van der Waals surface area contributed by atoms with Crippen LogP contribution in [0.15, 0.2) is 24.3 Å². The van der Waals surface area contributed by atoms with E-state index in [1.54, 1.807) is 0 Å². The zero-order valence-corrected chi connectivity index (χ0v) is 8.94. The first-order valence-corrected chi connectivity index (χ1v) is 5.11. The van der Waals surface area contributed by atoms with Crippen LogP contribution in [0, 0.1) is 0 Å². The molecule has 0 spiro atoms. The molecule has 0 saturated carbocycles. The Morgan fingerprint density at radius 2 is 2.00 bits per heavy atom. The first kappa shape index (κ1) is 11.7. The van der Waals surface area contributed by atoms with E-state index in [2.05, 4.69) is 29.6 Å². The molecule has 0 saturated heterocycles. The van der Waals surface area contributed by atoms with Crippen LogP contribution >= 0.6 is 0 Å². The molecule has 0 aliphatic heterocycles. The number of hydrogen-bond acceptors (Lipinski definition) is 2. The summed E-state index contributed by atoms with van der Waals surface area (Å²) in [4.78, 5) is 10.3. The quantitative estimate of drug-likeness (QED) is 0.708. The molecule has 82 valence electrons. The van der Waals surface area contributed by atoms with Crippen LogP contribution in [0.2, 0.25) is 0 Å². The van der Waals surface area contributed by atoms with Crippen molar-refractivity contribution >= 4 is 6.41 Å². The molecule has 0 heterocycles. The molecule has 0 fully saturated rings. The van der Waals surface area contributed by atoms with E-state index in [0.717, 1.165) is 32.8 Å². The smallest absolute Gasteiger partial charge is 0.207 e. The van der Waals surface area contributed by atoms with Gasteiger partial charge in [0.05, 0.1) is 0 Å². The molecule has 1 aromatic carbocycles. The van der Waals surface area contributed by atoms with Crippen LogP contribution in [0.1, 0.15) is 17.5 Å². The number of amides is 1. The van der Waals surface area contributed by atoms with Crippen LogP contribution in [-0.4, -0.2) is 24.7 Å². The van der Waals surface area contributed by atoms with Gasteiger partial charge in [0, 0.05) is 13.2 Å². The summed E-state index contributed by atoms with van der Waals surface area (Å²) in [5.41, 5.74) is 2.82. The largest absolute Gasteiger partial charge is 0.400 e. The highest BCUT2D eigenvalue weighted by Crippen LogP contribution is 2.20. The van der Waals surface area contributed by atoms with Crippen molar-refractivity contribution in [1.82, 2.24) is 5.32 Å². The molecule has 1 atom stereocenters. The van der Waals surface area contributed by atoms with E-state index in [-0.39, 0.29) is 0 Å². The predicted octanol–water partition coefficient (Wildman–Crippen LogP) is 0.898. The summed E-state index contributed by atoms with van der Waals surface area (Å²) in [6.45, 7) is 0. The maximum atomic E-state index is 10.3. The summed E-state index contributed by atoms with van der Waals surface area (Å²) in [6, 6.07) is 8.79. The van der Waals surface area contributed by atoms with Gasteiger partial charge in [0.25, 0.3) is 0 Å². The third-order valence-electron chi connectivity index (χ3n) is 2.65. The van der Waals surface area contributed by atoms with Crippen molar-refractivity contribution in [3.8, 4) is 0 Å². The molecule has 0 bridgehead atoms. The second-order valence-electron chi connectivity index (χ2n) is 3.49. The van der Waals surface area contributed by atoms with Gasteiger partial charge in [-0.05, 0) is 30.4 Å². The van der Waals surface area contributed by atoms with Crippen LogP contribution in [0.5, 0.6) is 0 Å². The third-order valence-corrected chi connectivity index (χ3v) is 2.65. The van der Waals surface area contributed by atoms with Gasteiger partial charge in [-0.15, -0.1) is 0 Å². The fourth-order valence-corrected chi connectivity index (χ4v) is 1.94. The average molecular weight is 207 g/mol. The number of fused-ring (bicyclic) bond motifs is 1. The normalized spacial score (nSPS) is 18.1. The van der Waals surface area contributed by atoms with Gasteiger partial charge in [-0.2, -0.15) is 0 Å². The summed E-state index contributed by atoms with van der Waals surface area (Å²) in [7, 11) is 1.00. The number of nitrogens with one attached hydrogen (secondary N) is 1. The van der Waals surface area contributed by atoms with E-state index in [1.807, 2.05) is 0 Å². The predicted molar refractivity (Wildman–Crippen MR) is 59.6 cm³/mol. The van der Waals surface area contributed by atoms with Gasteiger partial charge < -0.3 is 10.4 Å². The Hall–Kier alpha value is -1.35. The fraction of sp³-hybridized carbons (Fsp3) is 0.417. The molecular weight excluding hydrogens is 190 g/mol. The van der Waals surface area contributed by atoms with E-state index in [4.69, 9.17) is 5.11 Å². The number of aliphatic hydroxyl groups excluding tert-OH is 1. The van der Waals surface area contributed by atoms with Crippen LogP contribution < -0.4 is 5.32 Å². The lowest BCUT2D eigenvalue weighted by atomic mass is 9.88. The second kappa shape index (κ2) is 6.19. The van der Waals surface area contributed by atoms with E-state index in [1.165, 1.54) is 11.1 Å². The summed E-state index contributed by atoms with van der Waals surface area (Å²) in [5, 5.41) is 9.84. The van der Waals surface area contributed by atoms with Crippen LogP contribution in [0.3, 0.4) is 0 Å². The van der Waals surface area contributed by atoms with Gasteiger partial charge >= 0.3 is 0 Å². The molecule has 1 aliphatic carbocycles. The topological polar surface area (TPSA) is 49.3 Å². The number of benzene rings is 1. The van der Waals surface area contributed by atoms with Gasteiger partial charge in [-0.25, -0.2) is 0 Å². The van der Waals surface area contributed by atoms with Crippen molar-refractivity contribution in [1.29, 1.82) is 0 Å². The summed E-state index contributed by atoms with van der Waals surface area (Å²) >= 11 is 0. The SMILES string of the molecule is CO.O=CNC1CCc2ccccc2C1. The van der Waals surface area contributed by atoms with Crippen LogP contribution in [-0.2, 0) is 17.6 Å². The van der Waals surface area contributed by atoms with Crippen LogP contribution in [0.4, 0.5) is 0 Å². The Balaban J connectivity index is 0.000000531. The monoisotopic (exact) mass is 207 g/mol. The van der Waals surface area contributed by atoms with Crippen molar-refractivity contribution < 1.29 is 9.90 Å². The molecule has 1 amide bonds. The Morgan fingerprint density at radius 3 is 2.67 bits per heavy atom. The zero-order valence-electron chi connectivity index (χ0n) is 8.94. The molecule has 1 aromatic rings. The minimum Gasteiger partial charge on any atom is -0.400 e. The lowest BCUT2D eigenvalue weighted by Gasteiger charge is -2.23. The standard InChI is InChI=1S/C11H13NO.CH4O/c13-8-12-11-6-5-9-3-1-2-4-10(9)7-11;1-2/h1-4,8,11H,5-7H2,(H,12,13);2H,1H3. The molecule has 2 rings (SSSR count). The van der Waals surface area contributed by atoms with E-state index in [0.29, 0.717) is 6.04 Å². The second-order valence-corrected chi connectivity index (χ2v) is 3.49. The molecule has 3 heteroatoms. The molecule has 0 radical (unpaired) electrons. The van der Waals surface area contributed by atoms with E-state index in [9.17, 15) is 4.79 Å². The highest BCUT2D eigenvalue weighted by atomic mass is 16.2. The van der Waals surface area contributed by atoms with Crippen molar-refractivity contribution in [2.45, 2.75) is 25.3 Å². The lowest BCUT2D eigenvalue weighted by Crippen LogP contribution is -2.33. The highest BCUT2D eigenvalue weighted by Gasteiger charge is 2.16. The van der Waals surface area contributed by atoms with E-state index < -0.39 is 0 Å². The first-order chi connectivity index (χ1) is 7.40. The van der Waals surface area contributed by atoms with Crippen LogP contribution in [0.25, 0.3) is 0 Å². The third kappa shape index (κ3) is 3.06. The Kier molecular flexibility index (Phi) is 4.84. The molecule has 1 unspecified atom stereocenters. The number of carbonyl (C=O) groups is 1. The fourth-order valence-electron chi connectivity index (χ4n) is 1.94. The van der Waals surface area contributed by atoms with Gasteiger partial charge in [0.1, 0.15) is 0 Å². The summed E-state index contributed by atoms with van der Waals surface area (Å²) < 4.78 is 0. The van der Waals surface area contributed by atoms with Crippen molar-refractivity contribution in [3.05, 3.63) is 35.4 Å². The molecular formula is C12H17NO2. The Bertz CT molecular complexity index is 312. The minimum absolute atomic E-state index is 0.340. The molecule has 2 N–H and O–H groups in total. The van der Waals surface area contributed by atoms with Crippen molar-refractivity contribution in [2.24, 2.45) is 0 Å². The number of carbonyl (C=O) groups excluding carboxylic acids is 1. The van der Waals surface area contributed by atoms with Crippen molar-refractivity contribution in [2.75, 3.05) is 7.11 Å². The van der Waals surface area contributed by atoms with E-state index >= 15 is 0 Å². The summed E-state index contributed by atoms with van der Waals surface area (Å²) in [5.74, 6) is 0. The number of aliphatic hydroxyl groups is 1. The van der Waals surface area contributed by atoms with Gasteiger partial charge in [0.2, 0.25) is 6.41 Å². The van der Waals surface area contributed by atoms with Crippen molar-refractivity contribution in [3.63, 3.8) is 0 Å². The van der Waals surface area contributed by atoms with Gasteiger partial charge in [-0.1, -0.05) is 24.3 Å². The Labute approximate surface area is 90.1 Å². The maximum absolute atomic E-state index is 10.3. The average Bonchev–Trinajstić information content (AvgIpc) is 2.32. The maximum Gasteiger partial charge on any atom is 0.207 e. The summed E-state index contributed by atoms with van der Waals surface area (Å²) in [6.07, 6.45) is 3.94. The zero-order chi connectivity index (χ0) is 11.1. The molecule has 3 nitrogen and oxygen atoms in total. The number of rotatable bonds is 2. The number of aryl methyl sites for hydroxylation is 1. The molecule has 15 heavy (non-hydrogen) atoms. The molecule has 1 aliphatic rings. The Morgan fingerprint density at radius 1 is 1.33 bits per heavy atom. The molecule has 0 aromatic heterocycles. The first-order valence-electron chi connectivity index (χ1n) is 5.11.